The molecule has 1 fully saturated rings. The molecule has 0 N–H and O–H groups in total. The number of carbonyl (C=O) groups is 1. The van der Waals surface area contributed by atoms with Crippen LogP contribution in [0.3, 0.4) is 0 Å². The van der Waals surface area contributed by atoms with Crippen LogP contribution in [0.2, 0.25) is 0 Å². The highest BCUT2D eigenvalue weighted by Gasteiger charge is 2.39. The van der Waals surface area contributed by atoms with E-state index in [1.807, 2.05) is 0 Å². The number of hydrogen-bond donors (Lipinski definition) is 0. The van der Waals surface area contributed by atoms with E-state index in [1.54, 1.807) is 17.0 Å². The Labute approximate surface area is 113 Å². The fourth-order valence-corrected chi connectivity index (χ4v) is 2.60. The molecule has 2 unspecified atom stereocenters. The summed E-state index contributed by atoms with van der Waals surface area (Å²) < 4.78 is 12.9. The molecule has 2 nitrogen and oxygen atoms in total. The molecule has 0 bridgehead atoms. The maximum absolute atomic E-state index is 12.9. The minimum Gasteiger partial charge on any atom is -0.324 e. The monoisotopic (exact) mass is 259 g/mol. The molecular formula is C16H18FNO. The third kappa shape index (κ3) is 2.78. The van der Waals surface area contributed by atoms with Crippen molar-refractivity contribution < 1.29 is 9.18 Å². The lowest BCUT2D eigenvalue weighted by atomic mass is 9.89. The molecule has 1 heterocycles. The average molecular weight is 259 g/mol. The first kappa shape index (κ1) is 13.6. The van der Waals surface area contributed by atoms with Gasteiger partial charge in [-0.25, -0.2) is 4.39 Å². The summed E-state index contributed by atoms with van der Waals surface area (Å²) in [6, 6.07) is 6.04. The summed E-state index contributed by atoms with van der Waals surface area (Å²) >= 11 is 0. The zero-order valence-electron chi connectivity index (χ0n) is 11.3. The van der Waals surface area contributed by atoms with Crippen molar-refractivity contribution in [2.45, 2.75) is 32.9 Å². The topological polar surface area (TPSA) is 20.3 Å². The second kappa shape index (κ2) is 5.44. The van der Waals surface area contributed by atoms with E-state index >= 15 is 0 Å². The Morgan fingerprint density at radius 1 is 1.42 bits per heavy atom. The molecule has 1 aliphatic heterocycles. The molecule has 0 saturated carbocycles. The van der Waals surface area contributed by atoms with Crippen molar-refractivity contribution in [1.82, 2.24) is 4.90 Å². The first-order chi connectivity index (χ1) is 9.02. The lowest BCUT2D eigenvalue weighted by Gasteiger charge is -2.25. The number of nitrogens with zero attached hydrogens (tertiary/aromatic N) is 1. The number of terminal acetylenes is 1. The summed E-state index contributed by atoms with van der Waals surface area (Å²) in [5, 5.41) is 0. The van der Waals surface area contributed by atoms with Gasteiger partial charge in [-0.3, -0.25) is 4.79 Å². The van der Waals surface area contributed by atoms with E-state index in [9.17, 15) is 9.18 Å². The van der Waals surface area contributed by atoms with Gasteiger partial charge in [0, 0.05) is 18.9 Å². The predicted molar refractivity (Wildman–Crippen MR) is 72.5 cm³/mol. The second-order valence-corrected chi connectivity index (χ2v) is 5.37. The predicted octanol–water partition coefficient (Wildman–Crippen LogP) is 2.83. The van der Waals surface area contributed by atoms with Crippen molar-refractivity contribution in [2.75, 3.05) is 0 Å². The Kier molecular flexibility index (Phi) is 3.90. The summed E-state index contributed by atoms with van der Waals surface area (Å²) in [5.41, 5.74) is 0.902. The third-order valence-corrected chi connectivity index (χ3v) is 3.77. The highest BCUT2D eigenvalue weighted by atomic mass is 19.1. The van der Waals surface area contributed by atoms with Gasteiger partial charge >= 0.3 is 0 Å². The van der Waals surface area contributed by atoms with Crippen LogP contribution >= 0.6 is 0 Å². The molecule has 1 aliphatic rings. The molecule has 100 valence electrons. The largest absolute Gasteiger partial charge is 0.324 e. The third-order valence-electron chi connectivity index (χ3n) is 3.77. The summed E-state index contributed by atoms with van der Waals surface area (Å²) in [6.45, 7) is 4.63. The van der Waals surface area contributed by atoms with Crippen LogP contribution in [0.4, 0.5) is 4.39 Å². The molecule has 1 aromatic carbocycles. The molecule has 0 aliphatic carbocycles. The molecular weight excluding hydrogens is 241 g/mol. The van der Waals surface area contributed by atoms with Crippen molar-refractivity contribution in [2.24, 2.45) is 11.8 Å². The smallest absolute Gasteiger partial charge is 0.224 e. The lowest BCUT2D eigenvalue weighted by molar-refractivity contribution is -0.128. The summed E-state index contributed by atoms with van der Waals surface area (Å²) in [4.78, 5) is 13.8. The first-order valence-corrected chi connectivity index (χ1v) is 6.53. The van der Waals surface area contributed by atoms with Crippen LogP contribution in [-0.2, 0) is 11.3 Å². The Balaban J connectivity index is 2.17. The number of rotatable bonds is 3. The number of hydrogen-bond acceptors (Lipinski definition) is 1. The zero-order valence-corrected chi connectivity index (χ0v) is 11.3. The van der Waals surface area contributed by atoms with Crippen LogP contribution in [0, 0.1) is 30.0 Å². The molecule has 1 aromatic rings. The fraction of sp³-hybridized carbons (Fsp3) is 0.438. The maximum Gasteiger partial charge on any atom is 0.224 e. The molecule has 0 radical (unpaired) electrons. The van der Waals surface area contributed by atoms with Gasteiger partial charge in [-0.15, -0.1) is 6.42 Å². The van der Waals surface area contributed by atoms with Crippen molar-refractivity contribution in [3.05, 3.63) is 35.6 Å². The SMILES string of the molecule is C#CC1C(C(C)C)CC(=O)N1Cc1ccc(F)cc1. The van der Waals surface area contributed by atoms with Gasteiger partial charge in [-0.1, -0.05) is 31.9 Å². The zero-order chi connectivity index (χ0) is 14.0. The van der Waals surface area contributed by atoms with E-state index in [4.69, 9.17) is 6.42 Å². The summed E-state index contributed by atoms with van der Waals surface area (Å²) in [7, 11) is 0. The minimum absolute atomic E-state index is 0.0889. The van der Waals surface area contributed by atoms with Crippen LogP contribution in [0.5, 0.6) is 0 Å². The molecule has 19 heavy (non-hydrogen) atoms. The Hall–Kier alpha value is -1.82. The summed E-state index contributed by atoms with van der Waals surface area (Å²) in [6.07, 6.45) is 6.10. The van der Waals surface area contributed by atoms with E-state index < -0.39 is 0 Å². The van der Waals surface area contributed by atoms with E-state index in [2.05, 4.69) is 19.8 Å². The van der Waals surface area contributed by atoms with Gasteiger partial charge in [-0.05, 0) is 23.6 Å². The van der Waals surface area contributed by atoms with Crippen LogP contribution in [0.1, 0.15) is 25.8 Å². The van der Waals surface area contributed by atoms with Gasteiger partial charge < -0.3 is 4.90 Å². The highest BCUT2D eigenvalue weighted by Crippen LogP contribution is 2.32. The second-order valence-electron chi connectivity index (χ2n) is 5.37. The minimum atomic E-state index is -0.273. The van der Waals surface area contributed by atoms with Gasteiger partial charge in [0.05, 0.1) is 6.04 Å². The van der Waals surface area contributed by atoms with Crippen molar-refractivity contribution in [3.8, 4) is 12.3 Å². The number of benzene rings is 1. The molecule has 0 aromatic heterocycles. The standard InChI is InChI=1S/C16H18FNO/c1-4-15-14(11(2)3)9-16(19)18(15)10-12-5-7-13(17)8-6-12/h1,5-8,11,14-15H,9-10H2,2-3H3. The molecule has 2 rings (SSSR count). The van der Waals surface area contributed by atoms with Crippen LogP contribution in [-0.4, -0.2) is 16.8 Å². The van der Waals surface area contributed by atoms with Gasteiger partial charge in [0.25, 0.3) is 0 Å². The number of carbonyl (C=O) groups excluding carboxylic acids is 1. The Bertz CT molecular complexity index is 500. The first-order valence-electron chi connectivity index (χ1n) is 6.53. The lowest BCUT2D eigenvalue weighted by Crippen LogP contribution is -2.34. The van der Waals surface area contributed by atoms with Gasteiger partial charge in [0.1, 0.15) is 5.82 Å². The molecule has 2 atom stereocenters. The van der Waals surface area contributed by atoms with E-state index in [0.29, 0.717) is 18.9 Å². The van der Waals surface area contributed by atoms with Crippen molar-refractivity contribution >= 4 is 5.91 Å². The number of amides is 1. The van der Waals surface area contributed by atoms with E-state index in [1.165, 1.54) is 12.1 Å². The van der Waals surface area contributed by atoms with Crippen LogP contribution < -0.4 is 0 Å². The Morgan fingerprint density at radius 3 is 2.58 bits per heavy atom. The Morgan fingerprint density at radius 2 is 2.05 bits per heavy atom. The molecule has 1 saturated heterocycles. The maximum atomic E-state index is 12.9. The quantitative estimate of drug-likeness (QED) is 0.764. The van der Waals surface area contributed by atoms with Crippen molar-refractivity contribution in [1.29, 1.82) is 0 Å². The molecule has 0 spiro atoms. The normalized spacial score (nSPS) is 22.9. The van der Waals surface area contributed by atoms with Gasteiger partial charge in [0.15, 0.2) is 0 Å². The van der Waals surface area contributed by atoms with Gasteiger partial charge in [-0.2, -0.15) is 0 Å². The van der Waals surface area contributed by atoms with Crippen LogP contribution in [0.15, 0.2) is 24.3 Å². The fourth-order valence-electron chi connectivity index (χ4n) is 2.60. The summed E-state index contributed by atoms with van der Waals surface area (Å²) in [5.74, 6) is 3.14. The van der Waals surface area contributed by atoms with E-state index in [0.717, 1.165) is 5.56 Å². The van der Waals surface area contributed by atoms with E-state index in [-0.39, 0.29) is 23.7 Å². The number of halogens is 1. The average Bonchev–Trinajstić information content (AvgIpc) is 2.69. The van der Waals surface area contributed by atoms with Gasteiger partial charge in [0.2, 0.25) is 5.91 Å². The molecule has 1 amide bonds. The van der Waals surface area contributed by atoms with Crippen LogP contribution in [0.25, 0.3) is 0 Å². The number of likely N-dealkylation sites (tertiary alicyclic amines) is 1. The highest BCUT2D eigenvalue weighted by molar-refractivity contribution is 5.80. The molecule has 3 heteroatoms. The van der Waals surface area contributed by atoms with Crippen molar-refractivity contribution in [3.63, 3.8) is 0 Å².